The Morgan fingerprint density at radius 1 is 1.03 bits per heavy atom. The third-order valence-corrected chi connectivity index (χ3v) is 7.58. The van der Waals surface area contributed by atoms with Crippen molar-refractivity contribution in [2.24, 2.45) is 0 Å². The zero-order valence-electron chi connectivity index (χ0n) is 18.2. The first kappa shape index (κ1) is 23.6. The number of aryl methyl sites for hydroxylation is 1. The molecule has 3 aromatic rings. The van der Waals surface area contributed by atoms with E-state index in [2.05, 4.69) is 10.9 Å². The zero-order valence-corrected chi connectivity index (χ0v) is 19.8. The van der Waals surface area contributed by atoms with Crippen LogP contribution in [0.3, 0.4) is 0 Å². The molecule has 1 aliphatic rings. The Morgan fingerprint density at radius 2 is 1.82 bits per heavy atom. The van der Waals surface area contributed by atoms with Crippen LogP contribution >= 0.6 is 11.6 Å². The first-order valence-electron chi connectivity index (χ1n) is 10.4. The first-order chi connectivity index (χ1) is 16.3. The molecular formula is C24H22ClN3O5S. The molecule has 34 heavy (non-hydrogen) atoms. The van der Waals surface area contributed by atoms with Crippen LogP contribution in [-0.2, 0) is 21.2 Å². The molecule has 0 saturated carbocycles. The summed E-state index contributed by atoms with van der Waals surface area (Å²) in [4.78, 5) is 24.4. The Kier molecular flexibility index (Phi) is 6.76. The van der Waals surface area contributed by atoms with Crippen LogP contribution in [0.2, 0.25) is 5.02 Å². The van der Waals surface area contributed by atoms with Crippen molar-refractivity contribution in [2.75, 3.05) is 17.5 Å². The lowest BCUT2D eigenvalue weighted by Crippen LogP contribution is -2.43. The molecule has 1 heterocycles. The van der Waals surface area contributed by atoms with E-state index in [1.165, 1.54) is 22.5 Å². The number of fused-ring (bicyclic) bond motifs is 1. The predicted octanol–water partition coefficient (Wildman–Crippen LogP) is 3.24. The van der Waals surface area contributed by atoms with Gasteiger partial charge >= 0.3 is 0 Å². The average molecular weight is 500 g/mol. The van der Waals surface area contributed by atoms with Gasteiger partial charge in [0, 0.05) is 12.1 Å². The summed E-state index contributed by atoms with van der Waals surface area (Å²) in [5.41, 5.74) is 7.03. The second-order valence-electron chi connectivity index (χ2n) is 7.71. The lowest BCUT2D eigenvalue weighted by molar-refractivity contribution is -0.123. The fourth-order valence-electron chi connectivity index (χ4n) is 3.61. The van der Waals surface area contributed by atoms with E-state index in [4.69, 9.17) is 16.3 Å². The van der Waals surface area contributed by atoms with Crippen molar-refractivity contribution >= 4 is 39.1 Å². The minimum Gasteiger partial charge on any atom is -0.484 e. The van der Waals surface area contributed by atoms with Crippen molar-refractivity contribution in [1.82, 2.24) is 10.9 Å². The highest BCUT2D eigenvalue weighted by atomic mass is 35.5. The van der Waals surface area contributed by atoms with Crippen molar-refractivity contribution in [1.29, 1.82) is 0 Å². The Hall–Kier alpha value is -3.56. The summed E-state index contributed by atoms with van der Waals surface area (Å²) < 4.78 is 33.3. The molecule has 8 nitrogen and oxygen atoms in total. The number of hydrogen-bond acceptors (Lipinski definition) is 5. The van der Waals surface area contributed by atoms with Gasteiger partial charge in [-0.1, -0.05) is 41.9 Å². The number of nitrogens with one attached hydrogen (secondary N) is 2. The van der Waals surface area contributed by atoms with Crippen LogP contribution in [0.25, 0.3) is 0 Å². The topological polar surface area (TPSA) is 105 Å². The first-order valence-corrected chi connectivity index (χ1v) is 12.3. The lowest BCUT2D eigenvalue weighted by atomic mass is 10.2. The maximum Gasteiger partial charge on any atom is 0.276 e. The Labute approximate surface area is 202 Å². The van der Waals surface area contributed by atoms with Gasteiger partial charge in [0.25, 0.3) is 21.8 Å². The monoisotopic (exact) mass is 499 g/mol. The fourth-order valence-corrected chi connectivity index (χ4v) is 5.61. The molecule has 0 aromatic heterocycles. The zero-order chi connectivity index (χ0) is 24.3. The van der Waals surface area contributed by atoms with Gasteiger partial charge in [-0.3, -0.25) is 24.7 Å². The molecule has 0 radical (unpaired) electrons. The molecule has 2 amide bonds. The Balaban J connectivity index is 1.43. The molecule has 0 atom stereocenters. The quantitative estimate of drug-likeness (QED) is 0.507. The van der Waals surface area contributed by atoms with E-state index in [1.54, 1.807) is 30.3 Å². The number of halogens is 1. The molecule has 4 rings (SSSR count). The van der Waals surface area contributed by atoms with Crippen LogP contribution in [0.15, 0.2) is 71.6 Å². The number of hydrazine groups is 1. The molecule has 0 spiro atoms. The van der Waals surface area contributed by atoms with E-state index in [9.17, 15) is 18.0 Å². The van der Waals surface area contributed by atoms with Crippen LogP contribution in [0.1, 0.15) is 21.5 Å². The summed E-state index contributed by atoms with van der Waals surface area (Å²) in [5.74, 6) is -0.748. The van der Waals surface area contributed by atoms with Gasteiger partial charge in [-0.15, -0.1) is 0 Å². The van der Waals surface area contributed by atoms with E-state index in [1.807, 2.05) is 25.1 Å². The summed E-state index contributed by atoms with van der Waals surface area (Å²) in [6.45, 7) is 1.87. The van der Waals surface area contributed by atoms with E-state index >= 15 is 0 Å². The second-order valence-corrected chi connectivity index (χ2v) is 9.95. The van der Waals surface area contributed by atoms with E-state index in [0.29, 0.717) is 17.9 Å². The van der Waals surface area contributed by atoms with Crippen LogP contribution < -0.4 is 19.9 Å². The summed E-state index contributed by atoms with van der Waals surface area (Å²) in [6.07, 6.45) is 0.587. The van der Waals surface area contributed by atoms with E-state index in [0.717, 1.165) is 11.1 Å². The van der Waals surface area contributed by atoms with Crippen molar-refractivity contribution < 1.29 is 22.7 Å². The smallest absolute Gasteiger partial charge is 0.276 e. The number of sulfonamides is 1. The summed E-state index contributed by atoms with van der Waals surface area (Å²) >= 11 is 6.21. The Bertz CT molecular complexity index is 1360. The normalized spacial score (nSPS) is 12.7. The molecule has 0 unspecified atom stereocenters. The molecule has 0 bridgehead atoms. The van der Waals surface area contributed by atoms with Crippen molar-refractivity contribution in [2.45, 2.75) is 18.2 Å². The minimum atomic E-state index is -4.00. The van der Waals surface area contributed by atoms with Crippen molar-refractivity contribution in [3.05, 3.63) is 88.4 Å². The molecule has 3 aromatic carbocycles. The molecule has 0 saturated heterocycles. The van der Waals surface area contributed by atoms with Crippen molar-refractivity contribution in [3.8, 4) is 5.75 Å². The maximum atomic E-state index is 13.3. The number of nitrogens with zero attached hydrogens (tertiary/aromatic N) is 1. The van der Waals surface area contributed by atoms with Crippen LogP contribution in [0.5, 0.6) is 5.75 Å². The van der Waals surface area contributed by atoms with Crippen LogP contribution in [-0.4, -0.2) is 33.4 Å². The predicted molar refractivity (Wildman–Crippen MR) is 128 cm³/mol. The largest absolute Gasteiger partial charge is 0.484 e. The number of ether oxygens (including phenoxy) is 1. The number of carbonyl (C=O) groups excluding carboxylic acids is 2. The van der Waals surface area contributed by atoms with Gasteiger partial charge in [0.1, 0.15) is 10.6 Å². The molecule has 0 fully saturated rings. The molecule has 0 aliphatic carbocycles. The number of rotatable bonds is 6. The standard InChI is InChI=1S/C24H22ClN3O5S/c1-16-5-4-7-19(13-16)33-15-23(29)26-27-24(30)18-9-10-20(25)22(14-18)34(31,32)28-12-11-17-6-2-3-8-21(17)28/h2-10,13-14H,11-12,15H2,1H3,(H,26,29)(H,27,30). The highest BCUT2D eigenvalue weighted by Gasteiger charge is 2.32. The number of benzene rings is 3. The second kappa shape index (κ2) is 9.74. The van der Waals surface area contributed by atoms with Gasteiger partial charge in [0.05, 0.1) is 10.7 Å². The third-order valence-electron chi connectivity index (χ3n) is 5.28. The SMILES string of the molecule is Cc1cccc(OCC(=O)NNC(=O)c2ccc(Cl)c(S(=O)(=O)N3CCc4ccccc43)c2)c1. The van der Waals surface area contributed by atoms with Crippen LogP contribution in [0, 0.1) is 6.92 Å². The molecule has 10 heteroatoms. The number of anilines is 1. The number of hydrogen-bond donors (Lipinski definition) is 2. The minimum absolute atomic E-state index is 0.00322. The van der Waals surface area contributed by atoms with Gasteiger partial charge in [-0.05, 0) is 60.9 Å². The molecule has 1 aliphatic heterocycles. The van der Waals surface area contributed by atoms with E-state index < -0.39 is 21.8 Å². The third kappa shape index (κ3) is 5.00. The highest BCUT2D eigenvalue weighted by molar-refractivity contribution is 7.93. The fraction of sp³-hybridized carbons (Fsp3) is 0.167. The molecule has 2 N–H and O–H groups in total. The summed E-state index contributed by atoms with van der Waals surface area (Å²) in [6, 6.07) is 18.3. The van der Waals surface area contributed by atoms with Gasteiger partial charge in [0.2, 0.25) is 0 Å². The van der Waals surface area contributed by atoms with Gasteiger partial charge in [0.15, 0.2) is 6.61 Å². The maximum absolute atomic E-state index is 13.3. The molecule has 176 valence electrons. The van der Waals surface area contributed by atoms with E-state index in [-0.39, 0.29) is 28.6 Å². The highest BCUT2D eigenvalue weighted by Crippen LogP contribution is 2.35. The number of amides is 2. The average Bonchev–Trinajstić information content (AvgIpc) is 3.26. The van der Waals surface area contributed by atoms with Gasteiger partial charge < -0.3 is 4.74 Å². The number of carbonyl (C=O) groups is 2. The van der Waals surface area contributed by atoms with Gasteiger partial charge in [-0.2, -0.15) is 0 Å². The summed E-state index contributed by atoms with van der Waals surface area (Å²) in [5, 5.41) is -0.00322. The lowest BCUT2D eigenvalue weighted by Gasteiger charge is -2.20. The van der Waals surface area contributed by atoms with Gasteiger partial charge in [-0.25, -0.2) is 8.42 Å². The Morgan fingerprint density at radius 3 is 2.62 bits per heavy atom. The van der Waals surface area contributed by atoms with Crippen LogP contribution in [0.4, 0.5) is 5.69 Å². The van der Waals surface area contributed by atoms with Crippen molar-refractivity contribution in [3.63, 3.8) is 0 Å². The molecular weight excluding hydrogens is 478 g/mol. The number of para-hydroxylation sites is 1. The summed E-state index contributed by atoms with van der Waals surface area (Å²) in [7, 11) is -4.00.